The lowest BCUT2D eigenvalue weighted by Crippen LogP contribution is -2.22. The van der Waals surface area contributed by atoms with Crippen LogP contribution in [0.25, 0.3) is 11.0 Å². The van der Waals surface area contributed by atoms with Gasteiger partial charge in [0, 0.05) is 13.0 Å². The minimum atomic E-state index is -4.24. The SMILES string of the molecule is CCNCCc1nc2ccccc2n1CC(F)(F)F. The van der Waals surface area contributed by atoms with Crippen molar-refractivity contribution in [2.75, 3.05) is 13.1 Å². The summed E-state index contributed by atoms with van der Waals surface area (Å²) in [5.74, 6) is 0.472. The molecule has 3 nitrogen and oxygen atoms in total. The summed E-state index contributed by atoms with van der Waals surface area (Å²) in [6.07, 6.45) is -3.75. The Bertz CT molecular complexity index is 546. The van der Waals surface area contributed by atoms with E-state index < -0.39 is 12.7 Å². The second-order valence-corrected chi connectivity index (χ2v) is 4.32. The second kappa shape index (κ2) is 5.61. The highest BCUT2D eigenvalue weighted by Gasteiger charge is 2.30. The highest BCUT2D eigenvalue weighted by molar-refractivity contribution is 5.75. The zero-order valence-electron chi connectivity index (χ0n) is 10.7. The molecule has 104 valence electrons. The van der Waals surface area contributed by atoms with Gasteiger partial charge in [0.05, 0.1) is 11.0 Å². The fraction of sp³-hybridized carbons (Fsp3) is 0.462. The van der Waals surface area contributed by atoms with Crippen molar-refractivity contribution >= 4 is 11.0 Å². The summed E-state index contributed by atoms with van der Waals surface area (Å²) in [6, 6.07) is 6.91. The Kier molecular flexibility index (Phi) is 4.09. The molecule has 1 heterocycles. The zero-order chi connectivity index (χ0) is 13.9. The van der Waals surface area contributed by atoms with E-state index in [2.05, 4.69) is 10.3 Å². The first-order chi connectivity index (χ1) is 9.01. The first kappa shape index (κ1) is 13.9. The Morgan fingerprint density at radius 1 is 1.26 bits per heavy atom. The van der Waals surface area contributed by atoms with Gasteiger partial charge < -0.3 is 9.88 Å². The number of hydrogen-bond acceptors (Lipinski definition) is 2. The molecule has 0 amide bonds. The van der Waals surface area contributed by atoms with Crippen molar-refractivity contribution in [3.8, 4) is 0 Å². The maximum absolute atomic E-state index is 12.7. The molecule has 0 bridgehead atoms. The number of alkyl halides is 3. The maximum Gasteiger partial charge on any atom is 0.406 e. The highest BCUT2D eigenvalue weighted by Crippen LogP contribution is 2.23. The summed E-state index contributed by atoms with van der Waals surface area (Å²) in [4.78, 5) is 4.29. The molecule has 2 aromatic rings. The van der Waals surface area contributed by atoms with E-state index in [1.165, 1.54) is 4.57 Å². The van der Waals surface area contributed by atoms with Crippen molar-refractivity contribution in [1.29, 1.82) is 0 Å². The van der Waals surface area contributed by atoms with E-state index in [0.29, 0.717) is 29.8 Å². The number of hydrogen-bond donors (Lipinski definition) is 1. The predicted molar refractivity (Wildman–Crippen MR) is 68.0 cm³/mol. The van der Waals surface area contributed by atoms with E-state index in [1.54, 1.807) is 24.3 Å². The third kappa shape index (κ3) is 3.47. The first-order valence-corrected chi connectivity index (χ1v) is 6.23. The van der Waals surface area contributed by atoms with E-state index >= 15 is 0 Å². The van der Waals surface area contributed by atoms with Gasteiger partial charge in [0.15, 0.2) is 0 Å². The van der Waals surface area contributed by atoms with Gasteiger partial charge in [0.2, 0.25) is 0 Å². The number of imidazole rings is 1. The molecule has 1 N–H and O–H groups in total. The van der Waals surface area contributed by atoms with Crippen LogP contribution in [0.2, 0.25) is 0 Å². The molecule has 1 aromatic carbocycles. The van der Waals surface area contributed by atoms with Gasteiger partial charge in [-0.25, -0.2) is 4.98 Å². The van der Waals surface area contributed by atoms with Crippen molar-refractivity contribution in [3.63, 3.8) is 0 Å². The molecule has 2 rings (SSSR count). The second-order valence-electron chi connectivity index (χ2n) is 4.32. The summed E-state index contributed by atoms with van der Waals surface area (Å²) in [5.41, 5.74) is 1.14. The van der Waals surface area contributed by atoms with Crippen LogP contribution in [0.5, 0.6) is 0 Å². The van der Waals surface area contributed by atoms with Gasteiger partial charge in [-0.3, -0.25) is 0 Å². The van der Waals surface area contributed by atoms with Crippen LogP contribution < -0.4 is 5.32 Å². The lowest BCUT2D eigenvalue weighted by Gasteiger charge is -2.12. The molecule has 0 saturated carbocycles. The van der Waals surface area contributed by atoms with Gasteiger partial charge in [-0.05, 0) is 18.7 Å². The van der Waals surface area contributed by atoms with E-state index in [9.17, 15) is 13.2 Å². The summed E-state index contributed by atoms with van der Waals surface area (Å²) in [7, 11) is 0. The Morgan fingerprint density at radius 2 is 2.00 bits per heavy atom. The van der Waals surface area contributed by atoms with E-state index in [1.807, 2.05) is 6.92 Å². The number of nitrogens with zero attached hydrogens (tertiary/aromatic N) is 2. The maximum atomic E-state index is 12.7. The molecule has 1 aromatic heterocycles. The van der Waals surface area contributed by atoms with Gasteiger partial charge in [-0.2, -0.15) is 13.2 Å². The van der Waals surface area contributed by atoms with Gasteiger partial charge in [-0.15, -0.1) is 0 Å². The van der Waals surface area contributed by atoms with Crippen molar-refractivity contribution in [2.24, 2.45) is 0 Å². The number of nitrogens with one attached hydrogen (secondary N) is 1. The molecule has 0 unspecified atom stereocenters. The number of benzene rings is 1. The summed E-state index contributed by atoms with van der Waals surface area (Å²) >= 11 is 0. The predicted octanol–water partition coefficient (Wildman–Crippen LogP) is 2.75. The molecule has 0 spiro atoms. The van der Waals surface area contributed by atoms with Gasteiger partial charge in [0.1, 0.15) is 12.4 Å². The molecule has 0 aliphatic carbocycles. The van der Waals surface area contributed by atoms with Crippen molar-refractivity contribution < 1.29 is 13.2 Å². The minimum absolute atomic E-state index is 0.472. The van der Waals surface area contributed by atoms with Crippen molar-refractivity contribution in [1.82, 2.24) is 14.9 Å². The molecule has 0 atom stereocenters. The average molecular weight is 271 g/mol. The van der Waals surface area contributed by atoms with Crippen LogP contribution in [-0.4, -0.2) is 28.8 Å². The van der Waals surface area contributed by atoms with Crippen molar-refractivity contribution in [2.45, 2.75) is 26.1 Å². The molecule has 6 heteroatoms. The number of fused-ring (bicyclic) bond motifs is 1. The van der Waals surface area contributed by atoms with E-state index in [-0.39, 0.29) is 0 Å². The number of para-hydroxylation sites is 2. The van der Waals surface area contributed by atoms with Crippen LogP contribution >= 0.6 is 0 Å². The summed E-state index contributed by atoms with van der Waals surface area (Å²) < 4.78 is 39.2. The molecule has 0 fully saturated rings. The van der Waals surface area contributed by atoms with Gasteiger partial charge in [0.25, 0.3) is 0 Å². The summed E-state index contributed by atoms with van der Waals surface area (Å²) in [6.45, 7) is 2.38. The third-order valence-electron chi connectivity index (χ3n) is 2.85. The molecule has 0 saturated heterocycles. The Labute approximate surface area is 109 Å². The Balaban J connectivity index is 2.34. The minimum Gasteiger partial charge on any atom is -0.319 e. The average Bonchev–Trinajstić information content (AvgIpc) is 2.66. The smallest absolute Gasteiger partial charge is 0.319 e. The van der Waals surface area contributed by atoms with Crippen LogP contribution in [0.4, 0.5) is 13.2 Å². The lowest BCUT2D eigenvalue weighted by molar-refractivity contribution is -0.140. The van der Waals surface area contributed by atoms with E-state index in [4.69, 9.17) is 0 Å². The van der Waals surface area contributed by atoms with Crippen LogP contribution in [0.1, 0.15) is 12.7 Å². The molecule has 0 radical (unpaired) electrons. The first-order valence-electron chi connectivity index (χ1n) is 6.23. The lowest BCUT2D eigenvalue weighted by atomic mass is 10.3. The van der Waals surface area contributed by atoms with Crippen LogP contribution in [0.3, 0.4) is 0 Å². The van der Waals surface area contributed by atoms with Gasteiger partial charge >= 0.3 is 6.18 Å². The molecular weight excluding hydrogens is 255 g/mol. The molecule has 0 aliphatic heterocycles. The largest absolute Gasteiger partial charge is 0.406 e. The summed E-state index contributed by atoms with van der Waals surface area (Å²) in [5, 5.41) is 3.10. The zero-order valence-corrected chi connectivity index (χ0v) is 10.7. The Morgan fingerprint density at radius 3 is 2.68 bits per heavy atom. The standard InChI is InChI=1S/C13H16F3N3/c1-2-17-8-7-12-18-10-5-3-4-6-11(10)19(12)9-13(14,15)16/h3-6,17H,2,7-9H2,1H3. The van der Waals surface area contributed by atoms with Crippen molar-refractivity contribution in [3.05, 3.63) is 30.1 Å². The van der Waals surface area contributed by atoms with E-state index in [0.717, 1.165) is 6.54 Å². The molecular formula is C13H16F3N3. The normalized spacial score (nSPS) is 12.2. The van der Waals surface area contributed by atoms with Gasteiger partial charge in [-0.1, -0.05) is 19.1 Å². The quantitative estimate of drug-likeness (QED) is 0.847. The van der Waals surface area contributed by atoms with Crippen LogP contribution in [-0.2, 0) is 13.0 Å². The highest BCUT2D eigenvalue weighted by atomic mass is 19.4. The van der Waals surface area contributed by atoms with Crippen LogP contribution in [0.15, 0.2) is 24.3 Å². The number of aromatic nitrogens is 2. The molecule has 0 aliphatic rings. The van der Waals surface area contributed by atoms with Crippen LogP contribution in [0, 0.1) is 0 Å². The number of likely N-dealkylation sites (N-methyl/N-ethyl adjacent to an activating group) is 1. The Hall–Kier alpha value is -1.56. The monoisotopic (exact) mass is 271 g/mol. The fourth-order valence-electron chi connectivity index (χ4n) is 2.05. The third-order valence-corrected chi connectivity index (χ3v) is 2.85. The fourth-order valence-corrected chi connectivity index (χ4v) is 2.05. The number of halogens is 3. The number of rotatable bonds is 5. The topological polar surface area (TPSA) is 29.9 Å². The molecule has 19 heavy (non-hydrogen) atoms.